The fourth-order valence-corrected chi connectivity index (χ4v) is 2.79. The average molecular weight is 408 g/mol. The molecule has 1 aromatic heterocycles. The van der Waals surface area contributed by atoms with Crippen LogP contribution in [0.3, 0.4) is 0 Å². The normalized spacial score (nSPS) is 10.3. The zero-order valence-electron chi connectivity index (χ0n) is 17.4. The van der Waals surface area contributed by atoms with Crippen molar-refractivity contribution in [3.05, 3.63) is 59.9 Å². The average Bonchev–Trinajstić information content (AvgIpc) is 2.74. The number of methoxy groups -OCH3 is 2. The van der Waals surface area contributed by atoms with Crippen molar-refractivity contribution in [2.24, 2.45) is 0 Å². The SMILES string of the molecule is CCOc1cc(Nc2ccc(NC(=O)c3ccc(OC)c(OC)c3)cc2)nc(C)n1. The van der Waals surface area contributed by atoms with Crippen molar-refractivity contribution >= 4 is 23.1 Å². The van der Waals surface area contributed by atoms with E-state index < -0.39 is 0 Å². The molecule has 0 fully saturated rings. The van der Waals surface area contributed by atoms with Gasteiger partial charge in [-0.05, 0) is 56.3 Å². The van der Waals surface area contributed by atoms with Crippen molar-refractivity contribution in [1.82, 2.24) is 9.97 Å². The van der Waals surface area contributed by atoms with E-state index in [1.807, 2.05) is 19.1 Å². The van der Waals surface area contributed by atoms with E-state index >= 15 is 0 Å². The van der Waals surface area contributed by atoms with Crippen molar-refractivity contribution in [3.63, 3.8) is 0 Å². The van der Waals surface area contributed by atoms with Gasteiger partial charge in [-0.25, -0.2) is 4.98 Å². The van der Waals surface area contributed by atoms with E-state index in [1.54, 1.807) is 50.4 Å². The number of ether oxygens (including phenoxy) is 3. The highest BCUT2D eigenvalue weighted by Crippen LogP contribution is 2.28. The molecule has 0 bridgehead atoms. The predicted octanol–water partition coefficient (Wildman–Crippen LogP) is 4.20. The summed E-state index contributed by atoms with van der Waals surface area (Å²) in [6.45, 7) is 4.24. The summed E-state index contributed by atoms with van der Waals surface area (Å²) >= 11 is 0. The van der Waals surface area contributed by atoms with Crippen LogP contribution < -0.4 is 24.8 Å². The maximum absolute atomic E-state index is 12.5. The zero-order valence-corrected chi connectivity index (χ0v) is 17.4. The van der Waals surface area contributed by atoms with E-state index in [4.69, 9.17) is 14.2 Å². The smallest absolute Gasteiger partial charge is 0.255 e. The molecular formula is C22H24N4O4. The summed E-state index contributed by atoms with van der Waals surface area (Å²) in [6, 6.07) is 14.1. The predicted molar refractivity (Wildman–Crippen MR) is 115 cm³/mol. The number of benzene rings is 2. The van der Waals surface area contributed by atoms with Crippen LogP contribution in [-0.4, -0.2) is 36.7 Å². The van der Waals surface area contributed by atoms with E-state index in [0.717, 1.165) is 5.69 Å². The summed E-state index contributed by atoms with van der Waals surface area (Å²) in [5.41, 5.74) is 1.95. The molecule has 8 heteroatoms. The number of carbonyl (C=O) groups is 1. The molecule has 0 aliphatic rings. The first kappa shape index (κ1) is 20.9. The molecule has 0 unspecified atom stereocenters. The summed E-state index contributed by atoms with van der Waals surface area (Å²) in [6.07, 6.45) is 0. The molecule has 8 nitrogen and oxygen atoms in total. The minimum absolute atomic E-state index is 0.246. The van der Waals surface area contributed by atoms with E-state index in [-0.39, 0.29) is 5.91 Å². The van der Waals surface area contributed by atoms with Gasteiger partial charge in [-0.1, -0.05) is 0 Å². The standard InChI is InChI=1S/C22H24N4O4/c1-5-30-21-13-20(23-14(2)24-21)25-16-7-9-17(10-8-16)26-22(27)15-6-11-18(28-3)19(12-15)29-4/h6-13H,5H2,1-4H3,(H,26,27)(H,23,24,25). The Morgan fingerprint density at radius 3 is 2.30 bits per heavy atom. The number of aromatic nitrogens is 2. The zero-order chi connectivity index (χ0) is 21.5. The van der Waals surface area contributed by atoms with E-state index in [2.05, 4.69) is 20.6 Å². The first-order valence-corrected chi connectivity index (χ1v) is 9.41. The Labute approximate surface area is 175 Å². The molecule has 1 heterocycles. The number of anilines is 3. The number of hydrogen-bond donors (Lipinski definition) is 2. The van der Waals surface area contributed by atoms with Crippen LogP contribution in [-0.2, 0) is 0 Å². The third kappa shape index (κ3) is 5.16. The lowest BCUT2D eigenvalue weighted by atomic mass is 10.1. The van der Waals surface area contributed by atoms with Crippen molar-refractivity contribution < 1.29 is 19.0 Å². The molecule has 1 amide bonds. The first-order valence-electron chi connectivity index (χ1n) is 9.41. The molecular weight excluding hydrogens is 384 g/mol. The van der Waals surface area contributed by atoms with Gasteiger partial charge in [-0.15, -0.1) is 0 Å². The lowest BCUT2D eigenvalue weighted by Gasteiger charge is -2.11. The van der Waals surface area contributed by atoms with E-state index in [0.29, 0.717) is 46.9 Å². The third-order valence-corrected chi connectivity index (χ3v) is 4.17. The highest BCUT2D eigenvalue weighted by molar-refractivity contribution is 6.04. The largest absolute Gasteiger partial charge is 0.493 e. The molecule has 156 valence electrons. The fraction of sp³-hybridized carbons (Fsp3) is 0.227. The Hall–Kier alpha value is -3.81. The van der Waals surface area contributed by atoms with Gasteiger partial charge in [0.2, 0.25) is 5.88 Å². The van der Waals surface area contributed by atoms with Crippen molar-refractivity contribution in [1.29, 1.82) is 0 Å². The highest BCUT2D eigenvalue weighted by Gasteiger charge is 2.11. The van der Waals surface area contributed by atoms with Crippen LogP contribution in [0.5, 0.6) is 17.4 Å². The Kier molecular flexibility index (Phi) is 6.69. The maximum atomic E-state index is 12.5. The van der Waals surface area contributed by atoms with Gasteiger partial charge in [0.1, 0.15) is 11.6 Å². The van der Waals surface area contributed by atoms with Crippen molar-refractivity contribution in [3.8, 4) is 17.4 Å². The number of hydrogen-bond acceptors (Lipinski definition) is 7. The van der Waals surface area contributed by atoms with E-state index in [9.17, 15) is 4.79 Å². The van der Waals surface area contributed by atoms with Crippen LogP contribution in [0.4, 0.5) is 17.2 Å². The second kappa shape index (κ2) is 9.60. The quantitative estimate of drug-likeness (QED) is 0.577. The molecule has 3 aromatic rings. The minimum atomic E-state index is -0.246. The second-order valence-electron chi connectivity index (χ2n) is 6.30. The number of carbonyl (C=O) groups excluding carboxylic acids is 1. The van der Waals surface area contributed by atoms with Crippen molar-refractivity contribution in [2.45, 2.75) is 13.8 Å². The number of aryl methyl sites for hydroxylation is 1. The van der Waals surface area contributed by atoms with Crippen LogP contribution in [0.1, 0.15) is 23.1 Å². The molecule has 0 radical (unpaired) electrons. The number of nitrogens with zero attached hydrogens (tertiary/aromatic N) is 2. The van der Waals surface area contributed by atoms with Crippen LogP contribution in [0, 0.1) is 6.92 Å². The van der Waals surface area contributed by atoms with Crippen LogP contribution in [0.25, 0.3) is 0 Å². The van der Waals surface area contributed by atoms with Gasteiger partial charge in [0.15, 0.2) is 11.5 Å². The van der Waals surface area contributed by atoms with Gasteiger partial charge in [0.05, 0.1) is 20.8 Å². The van der Waals surface area contributed by atoms with Gasteiger partial charge in [0.25, 0.3) is 5.91 Å². The molecule has 0 saturated heterocycles. The van der Waals surface area contributed by atoms with Gasteiger partial charge in [0, 0.05) is 23.0 Å². The summed E-state index contributed by atoms with van der Waals surface area (Å²) in [5, 5.41) is 6.07. The lowest BCUT2D eigenvalue weighted by Crippen LogP contribution is -2.12. The van der Waals surface area contributed by atoms with Gasteiger partial charge in [-0.3, -0.25) is 4.79 Å². The monoisotopic (exact) mass is 408 g/mol. The molecule has 0 aliphatic carbocycles. The molecule has 0 aliphatic heterocycles. The Morgan fingerprint density at radius 1 is 0.933 bits per heavy atom. The Bertz CT molecular complexity index is 1020. The molecule has 30 heavy (non-hydrogen) atoms. The molecule has 3 rings (SSSR count). The van der Waals surface area contributed by atoms with Gasteiger partial charge >= 0.3 is 0 Å². The molecule has 0 saturated carbocycles. The molecule has 0 spiro atoms. The number of rotatable bonds is 8. The molecule has 2 aromatic carbocycles. The van der Waals surface area contributed by atoms with Crippen LogP contribution in [0.15, 0.2) is 48.5 Å². The van der Waals surface area contributed by atoms with E-state index in [1.165, 1.54) is 7.11 Å². The van der Waals surface area contributed by atoms with Crippen LogP contribution >= 0.6 is 0 Å². The number of amides is 1. The van der Waals surface area contributed by atoms with Crippen molar-refractivity contribution in [2.75, 3.05) is 31.5 Å². The fourth-order valence-electron chi connectivity index (χ4n) is 2.79. The topological polar surface area (TPSA) is 94.6 Å². The number of nitrogens with one attached hydrogen (secondary N) is 2. The molecule has 0 atom stereocenters. The second-order valence-corrected chi connectivity index (χ2v) is 6.30. The summed E-state index contributed by atoms with van der Waals surface area (Å²) in [4.78, 5) is 21.1. The maximum Gasteiger partial charge on any atom is 0.255 e. The Morgan fingerprint density at radius 2 is 1.63 bits per heavy atom. The minimum Gasteiger partial charge on any atom is -0.493 e. The lowest BCUT2D eigenvalue weighted by molar-refractivity contribution is 0.102. The highest BCUT2D eigenvalue weighted by atomic mass is 16.5. The molecule has 2 N–H and O–H groups in total. The summed E-state index contributed by atoms with van der Waals surface area (Å²) in [7, 11) is 3.08. The summed E-state index contributed by atoms with van der Waals surface area (Å²) in [5.74, 6) is 2.58. The summed E-state index contributed by atoms with van der Waals surface area (Å²) < 4.78 is 15.9. The van der Waals surface area contributed by atoms with Crippen LogP contribution in [0.2, 0.25) is 0 Å². The first-order chi connectivity index (χ1) is 14.5. The third-order valence-electron chi connectivity index (χ3n) is 4.17. The van der Waals surface area contributed by atoms with Gasteiger partial charge in [-0.2, -0.15) is 4.98 Å². The van der Waals surface area contributed by atoms with Gasteiger partial charge < -0.3 is 24.8 Å². The Balaban J connectivity index is 1.68.